The van der Waals surface area contributed by atoms with Gasteiger partial charge in [-0.25, -0.2) is 0 Å². The van der Waals surface area contributed by atoms with E-state index < -0.39 is 0 Å². The van der Waals surface area contributed by atoms with E-state index in [0.717, 1.165) is 28.6 Å². The van der Waals surface area contributed by atoms with Gasteiger partial charge < -0.3 is 10.5 Å². The zero-order valence-corrected chi connectivity index (χ0v) is 9.60. The van der Waals surface area contributed by atoms with E-state index in [0.29, 0.717) is 0 Å². The molecule has 1 atom stereocenters. The average Bonchev–Trinajstić information content (AvgIpc) is 2.33. The van der Waals surface area contributed by atoms with E-state index in [1.165, 1.54) is 0 Å². The Bertz CT molecular complexity index is 496. The number of rotatable bonds is 3. The molecule has 0 aliphatic heterocycles. The quantitative estimate of drug-likeness (QED) is 0.802. The minimum atomic E-state index is 0.201. The van der Waals surface area contributed by atoms with Gasteiger partial charge in [0.25, 0.3) is 0 Å². The topological polar surface area (TPSA) is 48.1 Å². The van der Waals surface area contributed by atoms with Gasteiger partial charge in [-0.3, -0.25) is 4.98 Å². The number of hydrogen-bond donors (Lipinski definition) is 1. The van der Waals surface area contributed by atoms with Gasteiger partial charge in [-0.15, -0.1) is 0 Å². The van der Waals surface area contributed by atoms with Crippen LogP contribution in [0, 0.1) is 0 Å². The summed E-state index contributed by atoms with van der Waals surface area (Å²) < 4.78 is 5.84. The van der Waals surface area contributed by atoms with Crippen molar-refractivity contribution in [2.45, 2.75) is 26.4 Å². The summed E-state index contributed by atoms with van der Waals surface area (Å²) in [6.07, 6.45) is 4.72. The van der Waals surface area contributed by atoms with Crippen LogP contribution in [0.1, 0.15) is 20.3 Å². The molecule has 0 radical (unpaired) electrons. The van der Waals surface area contributed by atoms with Gasteiger partial charge in [-0.2, -0.15) is 0 Å². The van der Waals surface area contributed by atoms with E-state index in [1.54, 1.807) is 12.4 Å². The monoisotopic (exact) mass is 216 g/mol. The maximum atomic E-state index is 5.91. The van der Waals surface area contributed by atoms with Crippen molar-refractivity contribution in [2.24, 2.45) is 0 Å². The molecule has 2 rings (SSSR count). The number of nitrogens with zero attached hydrogens (tertiary/aromatic N) is 1. The number of nitrogens with two attached hydrogens (primary N) is 1. The Morgan fingerprint density at radius 3 is 2.88 bits per heavy atom. The number of aromatic nitrogens is 1. The Morgan fingerprint density at radius 2 is 2.12 bits per heavy atom. The summed E-state index contributed by atoms with van der Waals surface area (Å²) in [4.78, 5) is 4.11. The maximum absolute atomic E-state index is 5.91. The fourth-order valence-electron chi connectivity index (χ4n) is 1.59. The van der Waals surface area contributed by atoms with Gasteiger partial charge in [-0.1, -0.05) is 6.92 Å². The normalized spacial score (nSPS) is 12.6. The van der Waals surface area contributed by atoms with Crippen LogP contribution in [0.5, 0.6) is 5.75 Å². The smallest absolute Gasteiger partial charge is 0.129 e. The third-order valence-electron chi connectivity index (χ3n) is 2.71. The summed E-state index contributed by atoms with van der Waals surface area (Å²) >= 11 is 0. The molecule has 0 fully saturated rings. The minimum absolute atomic E-state index is 0.201. The van der Waals surface area contributed by atoms with Crippen molar-refractivity contribution in [1.82, 2.24) is 4.98 Å². The molecular weight excluding hydrogens is 200 g/mol. The molecule has 2 aromatic rings. The summed E-state index contributed by atoms with van der Waals surface area (Å²) in [5.41, 5.74) is 6.66. The number of fused-ring (bicyclic) bond motifs is 1. The van der Waals surface area contributed by atoms with Gasteiger partial charge in [0, 0.05) is 28.9 Å². The summed E-state index contributed by atoms with van der Waals surface area (Å²) in [5, 5.41) is 1.97. The Balaban J connectivity index is 2.50. The van der Waals surface area contributed by atoms with E-state index in [2.05, 4.69) is 18.8 Å². The van der Waals surface area contributed by atoms with E-state index in [4.69, 9.17) is 10.5 Å². The Morgan fingerprint density at radius 1 is 1.31 bits per heavy atom. The van der Waals surface area contributed by atoms with E-state index >= 15 is 0 Å². The number of anilines is 1. The number of pyridine rings is 1. The Kier molecular flexibility index (Phi) is 2.95. The summed E-state index contributed by atoms with van der Waals surface area (Å²) in [6.45, 7) is 4.15. The molecule has 16 heavy (non-hydrogen) atoms. The first-order valence-corrected chi connectivity index (χ1v) is 5.51. The molecule has 0 amide bonds. The predicted octanol–water partition coefficient (Wildman–Crippen LogP) is 2.99. The van der Waals surface area contributed by atoms with Crippen molar-refractivity contribution in [3.8, 4) is 5.75 Å². The van der Waals surface area contributed by atoms with Crippen LogP contribution in [0.2, 0.25) is 0 Å². The van der Waals surface area contributed by atoms with Gasteiger partial charge in [0.2, 0.25) is 0 Å². The first-order valence-electron chi connectivity index (χ1n) is 5.51. The number of ether oxygens (including phenoxy) is 1. The number of hydrogen-bond acceptors (Lipinski definition) is 3. The molecule has 1 aromatic heterocycles. The molecule has 0 aliphatic rings. The lowest BCUT2D eigenvalue weighted by Gasteiger charge is -2.15. The van der Waals surface area contributed by atoms with Gasteiger partial charge in [0.1, 0.15) is 5.75 Å². The highest BCUT2D eigenvalue weighted by Crippen LogP contribution is 2.29. The first-order chi connectivity index (χ1) is 7.72. The Labute approximate surface area is 95.2 Å². The minimum Gasteiger partial charge on any atom is -0.490 e. The SMILES string of the molecule is CCC(C)Oc1ccc(N)c2ccncc12. The van der Waals surface area contributed by atoms with Crippen LogP contribution < -0.4 is 10.5 Å². The molecule has 0 bridgehead atoms. The van der Waals surface area contributed by atoms with E-state index in [9.17, 15) is 0 Å². The number of nitrogen functional groups attached to an aromatic ring is 1. The zero-order chi connectivity index (χ0) is 11.5. The number of benzene rings is 1. The molecule has 3 heteroatoms. The van der Waals surface area contributed by atoms with Gasteiger partial charge in [0.15, 0.2) is 0 Å². The average molecular weight is 216 g/mol. The van der Waals surface area contributed by atoms with E-state index in [1.807, 2.05) is 18.2 Å². The lowest BCUT2D eigenvalue weighted by Crippen LogP contribution is -2.10. The van der Waals surface area contributed by atoms with Gasteiger partial charge in [0.05, 0.1) is 6.10 Å². The second-order valence-corrected chi connectivity index (χ2v) is 3.91. The van der Waals surface area contributed by atoms with Crippen molar-refractivity contribution >= 4 is 16.5 Å². The second-order valence-electron chi connectivity index (χ2n) is 3.91. The fourth-order valence-corrected chi connectivity index (χ4v) is 1.59. The highest BCUT2D eigenvalue weighted by molar-refractivity contribution is 5.96. The molecule has 0 spiro atoms. The lowest BCUT2D eigenvalue weighted by molar-refractivity contribution is 0.220. The van der Waals surface area contributed by atoms with Crippen LogP contribution in [0.4, 0.5) is 5.69 Å². The fraction of sp³-hybridized carbons (Fsp3) is 0.308. The molecule has 1 aromatic carbocycles. The van der Waals surface area contributed by atoms with Crippen LogP contribution >= 0.6 is 0 Å². The lowest BCUT2D eigenvalue weighted by atomic mass is 10.1. The third-order valence-corrected chi connectivity index (χ3v) is 2.71. The largest absolute Gasteiger partial charge is 0.490 e. The van der Waals surface area contributed by atoms with E-state index in [-0.39, 0.29) is 6.10 Å². The predicted molar refractivity (Wildman–Crippen MR) is 66.5 cm³/mol. The van der Waals surface area contributed by atoms with Crippen molar-refractivity contribution < 1.29 is 4.74 Å². The van der Waals surface area contributed by atoms with Gasteiger partial charge >= 0.3 is 0 Å². The van der Waals surface area contributed by atoms with Crippen LogP contribution in [-0.4, -0.2) is 11.1 Å². The molecule has 0 aliphatic carbocycles. The molecule has 84 valence electrons. The standard InChI is InChI=1S/C13H16N2O/c1-3-9(2)16-13-5-4-12(14)10-6-7-15-8-11(10)13/h4-9H,3,14H2,1-2H3. The second kappa shape index (κ2) is 4.39. The first kappa shape index (κ1) is 10.7. The van der Waals surface area contributed by atoms with Crippen molar-refractivity contribution in [3.63, 3.8) is 0 Å². The molecule has 3 nitrogen and oxygen atoms in total. The van der Waals surface area contributed by atoms with Crippen molar-refractivity contribution in [2.75, 3.05) is 5.73 Å². The molecule has 0 saturated heterocycles. The molecule has 1 unspecified atom stereocenters. The Hall–Kier alpha value is -1.77. The summed E-state index contributed by atoms with van der Waals surface area (Å²) in [6, 6.07) is 5.69. The van der Waals surface area contributed by atoms with Gasteiger partial charge in [-0.05, 0) is 31.5 Å². The van der Waals surface area contributed by atoms with Crippen molar-refractivity contribution in [3.05, 3.63) is 30.6 Å². The molecule has 0 saturated carbocycles. The molecule has 2 N–H and O–H groups in total. The maximum Gasteiger partial charge on any atom is 0.129 e. The summed E-state index contributed by atoms with van der Waals surface area (Å²) in [5.74, 6) is 0.853. The highest BCUT2D eigenvalue weighted by Gasteiger charge is 2.07. The highest BCUT2D eigenvalue weighted by atomic mass is 16.5. The van der Waals surface area contributed by atoms with Crippen molar-refractivity contribution in [1.29, 1.82) is 0 Å². The van der Waals surface area contributed by atoms with Crippen LogP contribution in [0.15, 0.2) is 30.6 Å². The van der Waals surface area contributed by atoms with Crippen LogP contribution in [-0.2, 0) is 0 Å². The molecular formula is C13H16N2O. The van der Waals surface area contributed by atoms with Crippen LogP contribution in [0.3, 0.4) is 0 Å². The molecule has 1 heterocycles. The third kappa shape index (κ3) is 1.94. The van der Waals surface area contributed by atoms with Crippen LogP contribution in [0.25, 0.3) is 10.8 Å². The zero-order valence-electron chi connectivity index (χ0n) is 9.60. The summed E-state index contributed by atoms with van der Waals surface area (Å²) in [7, 11) is 0.